The van der Waals surface area contributed by atoms with E-state index in [0.29, 0.717) is 16.9 Å². The minimum atomic E-state index is -0.978. The number of fused-ring (bicyclic) bond motifs is 1. The van der Waals surface area contributed by atoms with Crippen LogP contribution in [0.2, 0.25) is 0 Å². The predicted octanol–water partition coefficient (Wildman–Crippen LogP) is 2.70. The van der Waals surface area contributed by atoms with Crippen LogP contribution in [-0.2, 0) is 20.7 Å². The van der Waals surface area contributed by atoms with E-state index < -0.39 is 24.0 Å². The summed E-state index contributed by atoms with van der Waals surface area (Å²) < 4.78 is 11.0. The van der Waals surface area contributed by atoms with Gasteiger partial charge in [0.25, 0.3) is 0 Å². The molecule has 0 bridgehead atoms. The van der Waals surface area contributed by atoms with E-state index >= 15 is 0 Å². The first kappa shape index (κ1) is 15.2. The molecular formula is C18H16O5. The maximum atomic E-state index is 12.5. The number of carbonyl (C=O) groups is 2. The molecule has 2 unspecified atom stereocenters. The Morgan fingerprint density at radius 1 is 1.17 bits per heavy atom. The normalized spacial score (nSPS) is 19.8. The zero-order chi connectivity index (χ0) is 16.4. The summed E-state index contributed by atoms with van der Waals surface area (Å²) in [7, 11) is 1.53. The van der Waals surface area contributed by atoms with Gasteiger partial charge >= 0.3 is 11.9 Å². The Bertz CT molecular complexity index is 738. The van der Waals surface area contributed by atoms with Crippen molar-refractivity contribution < 1.29 is 24.2 Å². The van der Waals surface area contributed by atoms with Gasteiger partial charge in [-0.2, -0.15) is 0 Å². The molecule has 5 heteroatoms. The molecule has 1 heterocycles. The maximum absolute atomic E-state index is 12.5. The van der Waals surface area contributed by atoms with Crippen molar-refractivity contribution in [1.82, 2.24) is 0 Å². The van der Waals surface area contributed by atoms with Crippen molar-refractivity contribution in [3.05, 3.63) is 65.2 Å². The number of methoxy groups -OCH3 is 1. The van der Waals surface area contributed by atoms with Crippen LogP contribution >= 0.6 is 0 Å². The number of carboxylic acids is 1. The molecular weight excluding hydrogens is 296 g/mol. The Balaban J connectivity index is 2.08. The van der Waals surface area contributed by atoms with Gasteiger partial charge in [0, 0.05) is 18.2 Å². The number of para-hydroxylation sites is 1. The fourth-order valence-corrected chi connectivity index (χ4v) is 2.96. The van der Waals surface area contributed by atoms with Gasteiger partial charge in [0.1, 0.15) is 17.8 Å². The molecule has 3 rings (SSSR count). The second kappa shape index (κ2) is 6.22. The highest BCUT2D eigenvalue weighted by Crippen LogP contribution is 2.44. The number of carboxylic acid groups (broad SMARTS) is 1. The molecule has 0 saturated carbocycles. The lowest BCUT2D eigenvalue weighted by molar-refractivity contribution is -0.142. The fraction of sp³-hybridized carbons (Fsp3) is 0.222. The third-order valence-corrected chi connectivity index (χ3v) is 3.95. The lowest BCUT2D eigenvalue weighted by Crippen LogP contribution is -2.31. The number of aliphatic carboxylic acids is 1. The Kier molecular flexibility index (Phi) is 4.12. The number of carbonyl (C=O) groups excluding carboxylic acids is 1. The fourth-order valence-electron chi connectivity index (χ4n) is 2.96. The first-order valence-electron chi connectivity index (χ1n) is 7.25. The summed E-state index contributed by atoms with van der Waals surface area (Å²) >= 11 is 0. The summed E-state index contributed by atoms with van der Waals surface area (Å²) in [6.45, 7) is 0. The van der Waals surface area contributed by atoms with Crippen LogP contribution in [0.15, 0.2) is 48.5 Å². The topological polar surface area (TPSA) is 72.8 Å². The van der Waals surface area contributed by atoms with Crippen molar-refractivity contribution in [2.75, 3.05) is 7.11 Å². The summed E-state index contributed by atoms with van der Waals surface area (Å²) in [4.78, 5) is 23.5. The van der Waals surface area contributed by atoms with Gasteiger partial charge in [-0.05, 0) is 5.56 Å². The summed E-state index contributed by atoms with van der Waals surface area (Å²) in [5.41, 5.74) is 1.97. The second-order valence-electron chi connectivity index (χ2n) is 5.37. The van der Waals surface area contributed by atoms with Gasteiger partial charge < -0.3 is 14.6 Å². The van der Waals surface area contributed by atoms with Crippen LogP contribution in [-0.4, -0.2) is 24.2 Å². The highest BCUT2D eigenvalue weighted by Gasteiger charge is 2.40. The minimum Gasteiger partial charge on any atom is -0.481 e. The van der Waals surface area contributed by atoms with Crippen molar-refractivity contribution >= 4 is 11.9 Å². The van der Waals surface area contributed by atoms with E-state index in [4.69, 9.17) is 14.6 Å². The Labute approximate surface area is 133 Å². The van der Waals surface area contributed by atoms with E-state index in [2.05, 4.69) is 0 Å². The molecule has 1 aliphatic rings. The van der Waals surface area contributed by atoms with Gasteiger partial charge in [-0.25, -0.2) is 0 Å². The lowest BCUT2D eigenvalue weighted by Gasteiger charge is -2.32. The first-order valence-corrected chi connectivity index (χ1v) is 7.25. The van der Waals surface area contributed by atoms with Gasteiger partial charge in [0.15, 0.2) is 0 Å². The quantitative estimate of drug-likeness (QED) is 0.694. The third kappa shape index (κ3) is 2.83. The molecule has 2 aromatic carbocycles. The van der Waals surface area contributed by atoms with Crippen LogP contribution in [0.3, 0.4) is 0 Å². The van der Waals surface area contributed by atoms with Gasteiger partial charge in [0.2, 0.25) is 0 Å². The number of ether oxygens (including phenoxy) is 2. The van der Waals surface area contributed by atoms with E-state index in [1.165, 1.54) is 7.11 Å². The molecule has 5 nitrogen and oxygen atoms in total. The average Bonchev–Trinajstić information content (AvgIpc) is 2.54. The molecule has 0 amide bonds. The number of rotatable bonds is 4. The molecule has 1 N–H and O–H groups in total. The van der Waals surface area contributed by atoms with Gasteiger partial charge in [-0.1, -0.05) is 48.5 Å². The molecule has 0 fully saturated rings. The Morgan fingerprint density at radius 2 is 1.91 bits per heavy atom. The number of esters is 1. The van der Waals surface area contributed by atoms with Crippen molar-refractivity contribution in [3.8, 4) is 5.75 Å². The van der Waals surface area contributed by atoms with Crippen molar-refractivity contribution in [1.29, 1.82) is 0 Å². The second-order valence-corrected chi connectivity index (χ2v) is 5.37. The molecule has 0 saturated heterocycles. The van der Waals surface area contributed by atoms with Crippen LogP contribution < -0.4 is 4.74 Å². The van der Waals surface area contributed by atoms with E-state index in [1.807, 2.05) is 30.3 Å². The smallest absolute Gasteiger partial charge is 0.321 e. The molecule has 0 radical (unpaired) electrons. The molecule has 0 aromatic heterocycles. The Hall–Kier alpha value is -2.66. The summed E-state index contributed by atoms with van der Waals surface area (Å²) in [5, 5.41) is 9.02. The van der Waals surface area contributed by atoms with Crippen LogP contribution in [0.5, 0.6) is 5.75 Å². The van der Waals surface area contributed by atoms with E-state index in [1.54, 1.807) is 18.2 Å². The SMILES string of the molecule is COC1c2cccc(CC(=O)O)c2OC(=O)C1c1ccccc1. The monoisotopic (exact) mass is 312 g/mol. The summed E-state index contributed by atoms with van der Waals surface area (Å²) in [6.07, 6.45) is -0.717. The molecule has 118 valence electrons. The first-order chi connectivity index (χ1) is 11.1. The predicted molar refractivity (Wildman–Crippen MR) is 82.3 cm³/mol. The zero-order valence-electron chi connectivity index (χ0n) is 12.6. The Morgan fingerprint density at radius 3 is 2.57 bits per heavy atom. The van der Waals surface area contributed by atoms with Crippen LogP contribution in [0, 0.1) is 0 Å². The summed E-state index contributed by atoms with van der Waals surface area (Å²) in [6, 6.07) is 14.5. The summed E-state index contributed by atoms with van der Waals surface area (Å²) in [5.74, 6) is -1.69. The average molecular weight is 312 g/mol. The molecule has 0 aliphatic carbocycles. The number of hydrogen-bond acceptors (Lipinski definition) is 4. The van der Waals surface area contributed by atoms with Crippen LogP contribution in [0.25, 0.3) is 0 Å². The zero-order valence-corrected chi connectivity index (χ0v) is 12.6. The van der Waals surface area contributed by atoms with Crippen molar-refractivity contribution in [3.63, 3.8) is 0 Å². The highest BCUT2D eigenvalue weighted by atomic mass is 16.5. The molecule has 2 atom stereocenters. The van der Waals surface area contributed by atoms with Gasteiger partial charge in [0.05, 0.1) is 6.42 Å². The number of benzene rings is 2. The molecule has 2 aromatic rings. The highest BCUT2D eigenvalue weighted by molar-refractivity contribution is 5.85. The number of hydrogen-bond donors (Lipinski definition) is 1. The van der Waals surface area contributed by atoms with Gasteiger partial charge in [-0.15, -0.1) is 0 Å². The van der Waals surface area contributed by atoms with E-state index in [-0.39, 0.29) is 6.42 Å². The maximum Gasteiger partial charge on any atom is 0.321 e. The van der Waals surface area contributed by atoms with E-state index in [9.17, 15) is 9.59 Å². The van der Waals surface area contributed by atoms with E-state index in [0.717, 1.165) is 5.56 Å². The molecule has 0 spiro atoms. The molecule has 1 aliphatic heterocycles. The van der Waals surface area contributed by atoms with Crippen LogP contribution in [0.1, 0.15) is 28.7 Å². The lowest BCUT2D eigenvalue weighted by atomic mass is 9.85. The third-order valence-electron chi connectivity index (χ3n) is 3.95. The van der Waals surface area contributed by atoms with Gasteiger partial charge in [-0.3, -0.25) is 9.59 Å². The largest absolute Gasteiger partial charge is 0.481 e. The standard InChI is InChI=1S/C18H16O5/c1-22-17-13-9-5-8-12(10-14(19)20)16(13)23-18(21)15(17)11-6-3-2-4-7-11/h2-9,15,17H,10H2,1H3,(H,19,20). The van der Waals surface area contributed by atoms with Crippen molar-refractivity contribution in [2.24, 2.45) is 0 Å². The van der Waals surface area contributed by atoms with Crippen LogP contribution in [0.4, 0.5) is 0 Å². The molecule has 23 heavy (non-hydrogen) atoms. The van der Waals surface area contributed by atoms with Crippen molar-refractivity contribution in [2.45, 2.75) is 18.4 Å². The minimum absolute atomic E-state index is 0.205.